The lowest BCUT2D eigenvalue weighted by atomic mass is 10.2. The average Bonchev–Trinajstić information content (AvgIpc) is 2.17. The van der Waals surface area contributed by atoms with Crippen LogP contribution in [0.2, 0.25) is 0 Å². The van der Waals surface area contributed by atoms with Crippen LogP contribution in [0.1, 0.15) is 6.42 Å². The van der Waals surface area contributed by atoms with Gasteiger partial charge in [0, 0.05) is 4.47 Å². The maximum atomic E-state index is 8.38. The molecular formula is C10H11BrN2O. The summed E-state index contributed by atoms with van der Waals surface area (Å²) in [5.41, 5.74) is 5.61. The molecule has 3 nitrogen and oxygen atoms in total. The second kappa shape index (κ2) is 5.63. The number of nitrogens with zero attached hydrogens (tertiary/aromatic N) is 1. The van der Waals surface area contributed by atoms with E-state index in [0.717, 1.165) is 10.2 Å². The van der Waals surface area contributed by atoms with Crippen LogP contribution in [0.3, 0.4) is 0 Å². The van der Waals surface area contributed by atoms with Gasteiger partial charge >= 0.3 is 0 Å². The molecule has 2 N–H and O–H groups in total. The zero-order valence-corrected chi connectivity index (χ0v) is 9.20. The lowest BCUT2D eigenvalue weighted by Crippen LogP contribution is -2.27. The number of rotatable bonds is 4. The minimum absolute atomic E-state index is 0.219. The summed E-state index contributed by atoms with van der Waals surface area (Å²) in [6.45, 7) is 0.370. The minimum Gasteiger partial charge on any atom is -0.492 e. The largest absolute Gasteiger partial charge is 0.492 e. The molecule has 0 radical (unpaired) electrons. The first-order valence-corrected chi connectivity index (χ1v) is 5.02. The van der Waals surface area contributed by atoms with Gasteiger partial charge in [0.1, 0.15) is 12.4 Å². The van der Waals surface area contributed by atoms with Gasteiger partial charge in [-0.1, -0.05) is 15.9 Å². The Morgan fingerprint density at radius 3 is 2.64 bits per heavy atom. The molecule has 0 aromatic heterocycles. The van der Waals surface area contributed by atoms with Gasteiger partial charge in [-0.3, -0.25) is 0 Å². The first kappa shape index (κ1) is 11.0. The first-order chi connectivity index (χ1) is 6.72. The Balaban J connectivity index is 2.39. The van der Waals surface area contributed by atoms with E-state index in [-0.39, 0.29) is 6.04 Å². The summed E-state index contributed by atoms with van der Waals surface area (Å²) < 4.78 is 6.38. The van der Waals surface area contributed by atoms with Crippen LogP contribution < -0.4 is 10.5 Å². The van der Waals surface area contributed by atoms with Crippen molar-refractivity contribution in [1.82, 2.24) is 0 Å². The van der Waals surface area contributed by atoms with Crippen LogP contribution in [0.4, 0.5) is 0 Å². The van der Waals surface area contributed by atoms with Gasteiger partial charge in [-0.15, -0.1) is 0 Å². The van der Waals surface area contributed by atoms with Crippen molar-refractivity contribution in [3.05, 3.63) is 28.7 Å². The van der Waals surface area contributed by atoms with E-state index in [4.69, 9.17) is 15.7 Å². The van der Waals surface area contributed by atoms with E-state index in [0.29, 0.717) is 13.0 Å². The number of nitriles is 1. The number of ether oxygens (including phenoxy) is 1. The zero-order valence-electron chi connectivity index (χ0n) is 7.61. The highest BCUT2D eigenvalue weighted by atomic mass is 79.9. The van der Waals surface area contributed by atoms with Gasteiger partial charge in [-0.05, 0) is 24.3 Å². The molecule has 4 heteroatoms. The van der Waals surface area contributed by atoms with Crippen LogP contribution in [-0.2, 0) is 0 Å². The summed E-state index contributed by atoms with van der Waals surface area (Å²) in [5, 5.41) is 8.38. The van der Waals surface area contributed by atoms with Gasteiger partial charge in [0.05, 0.1) is 18.5 Å². The van der Waals surface area contributed by atoms with Gasteiger partial charge in [0.25, 0.3) is 0 Å². The van der Waals surface area contributed by atoms with E-state index in [1.807, 2.05) is 30.3 Å². The highest BCUT2D eigenvalue weighted by Gasteiger charge is 2.02. The Bertz CT molecular complexity index is 318. The number of hydrogen-bond acceptors (Lipinski definition) is 3. The summed E-state index contributed by atoms with van der Waals surface area (Å²) in [6.07, 6.45) is 0.316. The van der Waals surface area contributed by atoms with Crippen LogP contribution in [0.25, 0.3) is 0 Å². The minimum atomic E-state index is -0.219. The molecule has 0 heterocycles. The van der Waals surface area contributed by atoms with Crippen molar-refractivity contribution in [2.75, 3.05) is 6.61 Å². The highest BCUT2D eigenvalue weighted by molar-refractivity contribution is 9.10. The van der Waals surface area contributed by atoms with Crippen molar-refractivity contribution in [2.45, 2.75) is 12.5 Å². The topological polar surface area (TPSA) is 59.0 Å². The predicted molar refractivity (Wildman–Crippen MR) is 57.8 cm³/mol. The van der Waals surface area contributed by atoms with Crippen LogP contribution in [0.15, 0.2) is 28.7 Å². The van der Waals surface area contributed by atoms with Crippen LogP contribution >= 0.6 is 15.9 Å². The second-order valence-corrected chi connectivity index (χ2v) is 3.80. The fourth-order valence-corrected chi connectivity index (χ4v) is 1.17. The third-order valence-corrected chi connectivity index (χ3v) is 2.16. The van der Waals surface area contributed by atoms with Crippen LogP contribution in [0, 0.1) is 11.3 Å². The Morgan fingerprint density at radius 2 is 2.07 bits per heavy atom. The standard InChI is InChI=1S/C10H11BrN2O/c11-8-1-3-10(4-2-8)14-7-9(13)5-6-12/h1-4,9H,5,7,13H2. The monoisotopic (exact) mass is 254 g/mol. The second-order valence-electron chi connectivity index (χ2n) is 2.89. The molecule has 0 aliphatic carbocycles. The van der Waals surface area contributed by atoms with E-state index in [9.17, 15) is 0 Å². The molecule has 1 aromatic carbocycles. The average molecular weight is 255 g/mol. The number of benzene rings is 1. The van der Waals surface area contributed by atoms with Gasteiger partial charge in [0.2, 0.25) is 0 Å². The molecule has 1 rings (SSSR count). The molecule has 0 saturated heterocycles. The lowest BCUT2D eigenvalue weighted by Gasteiger charge is -2.09. The Hall–Kier alpha value is -1.05. The Morgan fingerprint density at radius 1 is 1.43 bits per heavy atom. The molecule has 0 spiro atoms. The Labute approximate surface area is 91.6 Å². The van der Waals surface area contributed by atoms with Gasteiger partial charge < -0.3 is 10.5 Å². The molecule has 1 unspecified atom stereocenters. The van der Waals surface area contributed by atoms with Crippen LogP contribution in [-0.4, -0.2) is 12.6 Å². The van der Waals surface area contributed by atoms with Crippen molar-refractivity contribution in [3.63, 3.8) is 0 Å². The van der Waals surface area contributed by atoms with Gasteiger partial charge in [-0.2, -0.15) is 5.26 Å². The van der Waals surface area contributed by atoms with Crippen molar-refractivity contribution in [3.8, 4) is 11.8 Å². The molecule has 0 aliphatic heterocycles. The van der Waals surface area contributed by atoms with Crippen LogP contribution in [0.5, 0.6) is 5.75 Å². The lowest BCUT2D eigenvalue weighted by molar-refractivity contribution is 0.290. The quantitative estimate of drug-likeness (QED) is 0.895. The van der Waals surface area contributed by atoms with E-state index in [1.165, 1.54) is 0 Å². The molecule has 0 fully saturated rings. The maximum Gasteiger partial charge on any atom is 0.119 e. The third-order valence-electron chi connectivity index (χ3n) is 1.63. The first-order valence-electron chi connectivity index (χ1n) is 4.23. The summed E-state index contributed by atoms with van der Waals surface area (Å²) in [6, 6.07) is 9.27. The van der Waals surface area contributed by atoms with Crippen molar-refractivity contribution in [2.24, 2.45) is 5.73 Å². The van der Waals surface area contributed by atoms with Gasteiger partial charge in [-0.25, -0.2) is 0 Å². The normalized spacial score (nSPS) is 11.8. The fourth-order valence-electron chi connectivity index (χ4n) is 0.910. The summed E-state index contributed by atoms with van der Waals surface area (Å²) in [5.74, 6) is 0.765. The number of hydrogen-bond donors (Lipinski definition) is 1. The molecule has 0 amide bonds. The van der Waals surface area contributed by atoms with Crippen molar-refractivity contribution in [1.29, 1.82) is 5.26 Å². The Kier molecular flexibility index (Phi) is 4.44. The molecule has 0 saturated carbocycles. The molecule has 1 aromatic rings. The molecule has 0 bridgehead atoms. The molecule has 74 valence electrons. The number of halogens is 1. The highest BCUT2D eigenvalue weighted by Crippen LogP contribution is 2.16. The predicted octanol–water partition coefficient (Wildman–Crippen LogP) is 2.07. The molecule has 0 aliphatic rings. The summed E-state index contributed by atoms with van der Waals surface area (Å²) in [7, 11) is 0. The third kappa shape index (κ3) is 3.77. The van der Waals surface area contributed by atoms with E-state index in [2.05, 4.69) is 15.9 Å². The van der Waals surface area contributed by atoms with E-state index >= 15 is 0 Å². The summed E-state index contributed by atoms with van der Waals surface area (Å²) >= 11 is 3.33. The summed E-state index contributed by atoms with van der Waals surface area (Å²) in [4.78, 5) is 0. The molecule has 14 heavy (non-hydrogen) atoms. The number of nitrogens with two attached hydrogens (primary N) is 1. The maximum absolute atomic E-state index is 8.38. The SMILES string of the molecule is N#CCC(N)COc1ccc(Br)cc1. The molecule has 1 atom stereocenters. The smallest absolute Gasteiger partial charge is 0.119 e. The fraction of sp³-hybridized carbons (Fsp3) is 0.300. The van der Waals surface area contributed by atoms with Gasteiger partial charge in [0.15, 0.2) is 0 Å². The van der Waals surface area contributed by atoms with Crippen molar-refractivity contribution >= 4 is 15.9 Å². The van der Waals surface area contributed by atoms with Crippen molar-refractivity contribution < 1.29 is 4.74 Å². The molecular weight excluding hydrogens is 244 g/mol. The van der Waals surface area contributed by atoms with E-state index in [1.54, 1.807) is 0 Å². The zero-order chi connectivity index (χ0) is 10.4. The van der Waals surface area contributed by atoms with E-state index < -0.39 is 0 Å².